The lowest BCUT2D eigenvalue weighted by molar-refractivity contribution is -0.137. The Morgan fingerprint density at radius 3 is 2.31 bits per heavy atom. The van der Waals surface area contributed by atoms with E-state index in [2.05, 4.69) is 22.1 Å². The number of ether oxygens (including phenoxy) is 1. The summed E-state index contributed by atoms with van der Waals surface area (Å²) in [5.74, 6) is 3.78. The van der Waals surface area contributed by atoms with E-state index in [1.54, 1.807) is 12.1 Å². The van der Waals surface area contributed by atoms with Gasteiger partial charge in [-0.15, -0.1) is 0 Å². The van der Waals surface area contributed by atoms with Crippen LogP contribution in [0.4, 0.5) is 13.2 Å². The van der Waals surface area contributed by atoms with Crippen LogP contribution in [0.1, 0.15) is 43.2 Å². The van der Waals surface area contributed by atoms with E-state index in [-0.39, 0.29) is 41.9 Å². The highest BCUT2D eigenvalue weighted by molar-refractivity contribution is 6.29. The van der Waals surface area contributed by atoms with E-state index in [9.17, 15) is 22.8 Å². The van der Waals surface area contributed by atoms with Crippen molar-refractivity contribution >= 4 is 23.5 Å². The van der Waals surface area contributed by atoms with Gasteiger partial charge in [-0.05, 0) is 52.9 Å². The standard InChI is InChI=1S/C24H19ClF3N3O4/c1-35-12-2-3-19-20(21(32)29-13-15-4-8-17(9-5-15)22(33)34)31(23(25)30-19)14-16-6-10-18(11-7-16)24(26,27)28/h4-11H,12-14H2,1H3,(H,29,32)(H,33,34). The largest absolute Gasteiger partial charge is 0.478 e. The zero-order valence-corrected chi connectivity index (χ0v) is 19.1. The number of hydrogen-bond acceptors (Lipinski definition) is 4. The number of nitrogens with zero attached hydrogens (tertiary/aromatic N) is 2. The molecule has 0 aliphatic heterocycles. The number of rotatable bonds is 7. The van der Waals surface area contributed by atoms with Crippen LogP contribution in [0.3, 0.4) is 0 Å². The molecule has 1 heterocycles. The van der Waals surface area contributed by atoms with Crippen molar-refractivity contribution in [1.82, 2.24) is 14.9 Å². The number of imidazole rings is 1. The summed E-state index contributed by atoms with van der Waals surface area (Å²) in [5, 5.41) is 11.6. The van der Waals surface area contributed by atoms with Crippen molar-refractivity contribution in [3.8, 4) is 11.8 Å². The maximum Gasteiger partial charge on any atom is 0.416 e. The molecule has 3 aromatic rings. The van der Waals surface area contributed by atoms with Gasteiger partial charge in [-0.25, -0.2) is 9.78 Å². The van der Waals surface area contributed by atoms with Crippen LogP contribution in [0.5, 0.6) is 0 Å². The summed E-state index contributed by atoms with van der Waals surface area (Å²) >= 11 is 6.26. The Hall–Kier alpha value is -3.81. The minimum absolute atomic E-state index is 0.0218. The summed E-state index contributed by atoms with van der Waals surface area (Å²) in [6.07, 6.45) is -4.47. The van der Waals surface area contributed by atoms with Crippen molar-refractivity contribution in [3.63, 3.8) is 0 Å². The van der Waals surface area contributed by atoms with E-state index < -0.39 is 23.6 Å². The number of halogens is 4. The topological polar surface area (TPSA) is 93.5 Å². The number of amides is 1. The molecule has 1 amide bonds. The molecule has 182 valence electrons. The van der Waals surface area contributed by atoms with Gasteiger partial charge in [0.2, 0.25) is 5.28 Å². The SMILES string of the molecule is COCC#Cc1nc(Cl)n(Cc2ccc(C(F)(F)F)cc2)c1C(=O)NCc1ccc(C(=O)O)cc1. The van der Waals surface area contributed by atoms with Gasteiger partial charge >= 0.3 is 12.1 Å². The van der Waals surface area contributed by atoms with Crippen LogP contribution >= 0.6 is 11.6 Å². The summed E-state index contributed by atoms with van der Waals surface area (Å²) in [4.78, 5) is 28.2. The summed E-state index contributed by atoms with van der Waals surface area (Å²) in [6, 6.07) is 10.4. The Labute approximate surface area is 203 Å². The highest BCUT2D eigenvalue weighted by atomic mass is 35.5. The molecular weight excluding hydrogens is 487 g/mol. The smallest absolute Gasteiger partial charge is 0.416 e. The second-order valence-electron chi connectivity index (χ2n) is 7.28. The minimum Gasteiger partial charge on any atom is -0.478 e. The normalized spacial score (nSPS) is 11.0. The molecule has 0 unspecified atom stereocenters. The number of methoxy groups -OCH3 is 1. The lowest BCUT2D eigenvalue weighted by atomic mass is 10.1. The third-order valence-corrected chi connectivity index (χ3v) is 5.12. The summed E-state index contributed by atoms with van der Waals surface area (Å²) in [7, 11) is 1.45. The Balaban J connectivity index is 1.88. The lowest BCUT2D eigenvalue weighted by Gasteiger charge is -2.12. The third kappa shape index (κ3) is 6.62. The van der Waals surface area contributed by atoms with E-state index in [0.717, 1.165) is 12.1 Å². The Bertz CT molecular complexity index is 1270. The molecule has 0 saturated heterocycles. The number of carbonyl (C=O) groups excluding carboxylic acids is 1. The molecule has 11 heteroatoms. The predicted molar refractivity (Wildman–Crippen MR) is 121 cm³/mol. The molecule has 0 radical (unpaired) electrons. The van der Waals surface area contributed by atoms with E-state index in [0.29, 0.717) is 11.1 Å². The fraction of sp³-hybridized carbons (Fsp3) is 0.208. The number of carbonyl (C=O) groups is 2. The number of hydrogen-bond donors (Lipinski definition) is 2. The summed E-state index contributed by atoms with van der Waals surface area (Å²) < 4.78 is 44.9. The molecular formula is C24H19ClF3N3O4. The highest BCUT2D eigenvalue weighted by Gasteiger charge is 2.30. The minimum atomic E-state index is -4.47. The zero-order valence-electron chi connectivity index (χ0n) is 18.3. The van der Waals surface area contributed by atoms with Gasteiger partial charge in [-0.2, -0.15) is 13.2 Å². The Morgan fingerprint density at radius 2 is 1.74 bits per heavy atom. The van der Waals surface area contributed by atoms with Gasteiger partial charge in [0.1, 0.15) is 18.0 Å². The van der Waals surface area contributed by atoms with Crippen LogP contribution in [0.15, 0.2) is 48.5 Å². The van der Waals surface area contributed by atoms with Gasteiger partial charge in [0, 0.05) is 13.7 Å². The van der Waals surface area contributed by atoms with Crippen LogP contribution in [0.2, 0.25) is 5.28 Å². The molecule has 0 fully saturated rings. The number of aromatic nitrogens is 2. The number of aromatic carboxylic acids is 1. The summed E-state index contributed by atoms with van der Waals surface area (Å²) in [6.45, 7) is 0.138. The second kappa shape index (κ2) is 11.1. The monoisotopic (exact) mass is 505 g/mol. The maximum absolute atomic E-state index is 13.1. The summed E-state index contributed by atoms with van der Waals surface area (Å²) in [5.41, 5.74) is 0.536. The molecule has 3 rings (SSSR count). The van der Waals surface area contributed by atoms with Crippen molar-refractivity contribution in [2.75, 3.05) is 13.7 Å². The fourth-order valence-electron chi connectivity index (χ4n) is 3.09. The van der Waals surface area contributed by atoms with E-state index in [4.69, 9.17) is 21.4 Å². The first-order valence-electron chi connectivity index (χ1n) is 10.1. The van der Waals surface area contributed by atoms with E-state index in [1.807, 2.05) is 0 Å². The highest BCUT2D eigenvalue weighted by Crippen LogP contribution is 2.29. The van der Waals surface area contributed by atoms with Crippen LogP contribution in [0.25, 0.3) is 0 Å². The molecule has 1 aromatic heterocycles. The quantitative estimate of drug-likeness (QED) is 0.469. The zero-order chi connectivity index (χ0) is 25.6. The van der Waals surface area contributed by atoms with Gasteiger partial charge in [0.05, 0.1) is 17.7 Å². The average molecular weight is 506 g/mol. The van der Waals surface area contributed by atoms with Crippen molar-refractivity contribution in [1.29, 1.82) is 0 Å². The molecule has 0 atom stereocenters. The van der Waals surface area contributed by atoms with Crippen LogP contribution < -0.4 is 5.32 Å². The number of carboxylic acid groups (broad SMARTS) is 1. The Morgan fingerprint density at radius 1 is 1.11 bits per heavy atom. The molecule has 0 saturated carbocycles. The predicted octanol–water partition coefficient (Wildman–Crippen LogP) is 4.23. The molecule has 7 nitrogen and oxygen atoms in total. The lowest BCUT2D eigenvalue weighted by Crippen LogP contribution is -2.26. The number of alkyl halides is 3. The van der Waals surface area contributed by atoms with E-state index in [1.165, 1.54) is 35.9 Å². The number of nitrogens with one attached hydrogen (secondary N) is 1. The molecule has 0 bridgehead atoms. The van der Waals surface area contributed by atoms with Gasteiger partial charge in [0.15, 0.2) is 0 Å². The van der Waals surface area contributed by atoms with E-state index >= 15 is 0 Å². The third-order valence-electron chi connectivity index (χ3n) is 4.84. The first-order valence-corrected chi connectivity index (χ1v) is 10.5. The fourth-order valence-corrected chi connectivity index (χ4v) is 3.32. The van der Waals surface area contributed by atoms with Gasteiger partial charge in [-0.1, -0.05) is 30.2 Å². The molecule has 0 aliphatic carbocycles. The van der Waals surface area contributed by atoms with Gasteiger partial charge < -0.3 is 19.7 Å². The number of carboxylic acids is 1. The van der Waals surface area contributed by atoms with Crippen molar-refractivity contribution in [2.24, 2.45) is 0 Å². The van der Waals surface area contributed by atoms with Crippen LogP contribution in [-0.2, 0) is 24.0 Å². The number of benzene rings is 2. The first-order chi connectivity index (χ1) is 16.6. The molecule has 2 N–H and O–H groups in total. The average Bonchev–Trinajstić information content (AvgIpc) is 3.12. The van der Waals surface area contributed by atoms with Crippen LogP contribution in [0, 0.1) is 11.8 Å². The maximum atomic E-state index is 13.1. The molecule has 0 spiro atoms. The first kappa shape index (κ1) is 25.8. The second-order valence-corrected chi connectivity index (χ2v) is 7.62. The Kier molecular flexibility index (Phi) is 8.17. The van der Waals surface area contributed by atoms with Crippen LogP contribution in [-0.4, -0.2) is 40.3 Å². The molecule has 2 aromatic carbocycles. The molecule has 35 heavy (non-hydrogen) atoms. The van der Waals surface area contributed by atoms with Gasteiger partial charge in [-0.3, -0.25) is 4.79 Å². The van der Waals surface area contributed by atoms with Crippen molar-refractivity contribution in [2.45, 2.75) is 19.3 Å². The molecule has 0 aliphatic rings. The van der Waals surface area contributed by atoms with Crippen molar-refractivity contribution < 1.29 is 32.6 Å². The van der Waals surface area contributed by atoms with Crippen molar-refractivity contribution in [3.05, 3.63) is 87.5 Å². The van der Waals surface area contributed by atoms with Gasteiger partial charge in [0.25, 0.3) is 5.91 Å².